The summed E-state index contributed by atoms with van der Waals surface area (Å²) in [5.74, 6) is 0.0803. The van der Waals surface area contributed by atoms with Gasteiger partial charge in [0.2, 0.25) is 0 Å². The number of nitrogens with zero attached hydrogens (tertiary/aromatic N) is 2. The molecule has 2 atom stereocenters. The highest BCUT2D eigenvalue weighted by Crippen LogP contribution is 2.17. The van der Waals surface area contributed by atoms with Gasteiger partial charge in [0, 0.05) is 30.2 Å². The lowest BCUT2D eigenvalue weighted by Crippen LogP contribution is -2.50. The van der Waals surface area contributed by atoms with Gasteiger partial charge in [0.25, 0.3) is 5.91 Å². The largest absolute Gasteiger partial charge is 0.375 e. The van der Waals surface area contributed by atoms with Crippen LogP contribution in [0.1, 0.15) is 24.2 Å². The first kappa shape index (κ1) is 13.9. The van der Waals surface area contributed by atoms with E-state index in [2.05, 4.69) is 0 Å². The Kier molecular flexibility index (Phi) is 3.80. The van der Waals surface area contributed by atoms with Crippen molar-refractivity contribution in [1.29, 1.82) is 0 Å². The summed E-state index contributed by atoms with van der Waals surface area (Å²) in [5.41, 5.74) is 1.78. The predicted molar refractivity (Wildman–Crippen MR) is 81.7 cm³/mol. The molecule has 1 aliphatic rings. The molecule has 0 spiro atoms. The molecule has 1 saturated heterocycles. The summed E-state index contributed by atoms with van der Waals surface area (Å²) in [5, 5.41) is 0. The fraction of sp³-hybridized carbons (Fsp3) is 0.353. The van der Waals surface area contributed by atoms with E-state index in [0.717, 1.165) is 11.3 Å². The van der Waals surface area contributed by atoms with Gasteiger partial charge in [0.05, 0.1) is 18.8 Å². The van der Waals surface area contributed by atoms with E-state index in [9.17, 15) is 4.79 Å². The maximum atomic E-state index is 12.6. The lowest BCUT2D eigenvalue weighted by Gasteiger charge is -2.36. The van der Waals surface area contributed by atoms with Crippen molar-refractivity contribution in [2.45, 2.75) is 26.0 Å². The topological polar surface area (TPSA) is 34.5 Å². The van der Waals surface area contributed by atoms with Crippen molar-refractivity contribution in [3.63, 3.8) is 0 Å². The molecule has 1 fully saturated rings. The summed E-state index contributed by atoms with van der Waals surface area (Å²) >= 11 is 0. The van der Waals surface area contributed by atoms with Crippen molar-refractivity contribution >= 4 is 5.91 Å². The number of aromatic nitrogens is 1. The van der Waals surface area contributed by atoms with Crippen LogP contribution in [0.5, 0.6) is 0 Å². The highest BCUT2D eigenvalue weighted by Gasteiger charge is 2.28. The summed E-state index contributed by atoms with van der Waals surface area (Å²) in [6, 6.07) is 11.8. The average molecular weight is 284 g/mol. The molecule has 1 aromatic heterocycles. The molecule has 2 aromatic rings. The number of carbonyl (C=O) groups excluding carboxylic acids is 1. The van der Waals surface area contributed by atoms with Crippen LogP contribution in [0.25, 0.3) is 5.69 Å². The molecule has 110 valence electrons. The maximum Gasteiger partial charge on any atom is 0.254 e. The van der Waals surface area contributed by atoms with Gasteiger partial charge in [0.15, 0.2) is 0 Å². The van der Waals surface area contributed by atoms with E-state index in [1.807, 2.05) is 72.1 Å². The standard InChI is InChI=1S/C17H20N2O2/c1-13-12-21-14(2)11-19(13)17(20)15-5-7-16(8-6-15)18-9-3-4-10-18/h3-10,13-14H,11-12H2,1-2H3. The zero-order chi connectivity index (χ0) is 14.8. The Balaban J connectivity index is 1.78. The van der Waals surface area contributed by atoms with Crippen LogP contribution in [-0.4, -0.2) is 40.7 Å². The van der Waals surface area contributed by atoms with Crippen molar-refractivity contribution in [3.05, 3.63) is 54.4 Å². The number of hydrogen-bond acceptors (Lipinski definition) is 2. The number of benzene rings is 1. The van der Waals surface area contributed by atoms with E-state index in [0.29, 0.717) is 13.2 Å². The van der Waals surface area contributed by atoms with Crippen molar-refractivity contribution in [2.75, 3.05) is 13.2 Å². The fourth-order valence-electron chi connectivity index (χ4n) is 2.63. The molecule has 1 aromatic carbocycles. The first-order valence-electron chi connectivity index (χ1n) is 7.31. The maximum absolute atomic E-state index is 12.6. The van der Waals surface area contributed by atoms with E-state index in [1.54, 1.807) is 0 Å². The van der Waals surface area contributed by atoms with Crippen LogP contribution in [0.4, 0.5) is 0 Å². The van der Waals surface area contributed by atoms with E-state index < -0.39 is 0 Å². The summed E-state index contributed by atoms with van der Waals surface area (Å²) < 4.78 is 7.60. The van der Waals surface area contributed by atoms with Crippen LogP contribution in [0.15, 0.2) is 48.8 Å². The first-order valence-corrected chi connectivity index (χ1v) is 7.31. The van der Waals surface area contributed by atoms with Gasteiger partial charge in [0.1, 0.15) is 0 Å². The summed E-state index contributed by atoms with van der Waals surface area (Å²) in [6.07, 6.45) is 4.08. The first-order chi connectivity index (χ1) is 10.1. The Morgan fingerprint density at radius 2 is 1.81 bits per heavy atom. The number of carbonyl (C=O) groups is 1. The number of amides is 1. The molecule has 0 saturated carbocycles. The van der Waals surface area contributed by atoms with Gasteiger partial charge in [-0.05, 0) is 50.2 Å². The van der Waals surface area contributed by atoms with Crippen molar-refractivity contribution in [2.24, 2.45) is 0 Å². The fourth-order valence-corrected chi connectivity index (χ4v) is 2.63. The van der Waals surface area contributed by atoms with E-state index in [1.165, 1.54) is 0 Å². The molecule has 0 bridgehead atoms. The Morgan fingerprint density at radius 3 is 2.48 bits per heavy atom. The minimum Gasteiger partial charge on any atom is -0.375 e. The highest BCUT2D eigenvalue weighted by molar-refractivity contribution is 5.94. The molecule has 0 radical (unpaired) electrons. The Hall–Kier alpha value is -2.07. The van der Waals surface area contributed by atoms with Gasteiger partial charge >= 0.3 is 0 Å². The van der Waals surface area contributed by atoms with E-state index in [4.69, 9.17) is 4.74 Å². The Bertz CT molecular complexity index is 604. The van der Waals surface area contributed by atoms with Gasteiger partial charge < -0.3 is 14.2 Å². The predicted octanol–water partition coefficient (Wildman–Crippen LogP) is 2.73. The molecule has 4 heteroatoms. The molecule has 2 heterocycles. The molecule has 21 heavy (non-hydrogen) atoms. The van der Waals surface area contributed by atoms with Gasteiger partial charge in [-0.15, -0.1) is 0 Å². The van der Waals surface area contributed by atoms with Gasteiger partial charge in [-0.1, -0.05) is 0 Å². The third-order valence-corrected chi connectivity index (χ3v) is 3.89. The molecule has 2 unspecified atom stereocenters. The van der Waals surface area contributed by atoms with Crippen molar-refractivity contribution in [3.8, 4) is 5.69 Å². The normalized spacial score (nSPS) is 22.3. The van der Waals surface area contributed by atoms with Gasteiger partial charge in [-0.3, -0.25) is 4.79 Å². The second kappa shape index (κ2) is 5.74. The van der Waals surface area contributed by atoms with Crippen LogP contribution >= 0.6 is 0 Å². The SMILES string of the molecule is CC1CN(C(=O)c2ccc(-n3cccc3)cc2)C(C)CO1. The monoisotopic (exact) mass is 284 g/mol. The van der Waals surface area contributed by atoms with Gasteiger partial charge in [-0.25, -0.2) is 0 Å². The minimum absolute atomic E-state index is 0.0803. The Morgan fingerprint density at radius 1 is 1.14 bits per heavy atom. The van der Waals surface area contributed by atoms with Crippen LogP contribution in [0.3, 0.4) is 0 Å². The zero-order valence-electron chi connectivity index (χ0n) is 12.4. The van der Waals surface area contributed by atoms with Crippen LogP contribution in [0.2, 0.25) is 0 Å². The third-order valence-electron chi connectivity index (χ3n) is 3.89. The average Bonchev–Trinajstić information content (AvgIpc) is 3.03. The molecule has 0 aliphatic carbocycles. The minimum atomic E-state index is 0.0803. The smallest absolute Gasteiger partial charge is 0.254 e. The van der Waals surface area contributed by atoms with Crippen LogP contribution < -0.4 is 0 Å². The highest BCUT2D eigenvalue weighted by atomic mass is 16.5. The molecule has 3 rings (SSSR count). The van der Waals surface area contributed by atoms with Crippen molar-refractivity contribution < 1.29 is 9.53 Å². The zero-order valence-corrected chi connectivity index (χ0v) is 12.4. The summed E-state index contributed by atoms with van der Waals surface area (Å²) in [7, 11) is 0. The van der Waals surface area contributed by atoms with Crippen LogP contribution in [-0.2, 0) is 4.74 Å². The number of hydrogen-bond donors (Lipinski definition) is 0. The number of rotatable bonds is 2. The Labute approximate surface area is 124 Å². The molecule has 0 N–H and O–H groups in total. The molecule has 4 nitrogen and oxygen atoms in total. The van der Waals surface area contributed by atoms with E-state index >= 15 is 0 Å². The summed E-state index contributed by atoms with van der Waals surface area (Å²) in [6.45, 7) is 5.28. The second-order valence-electron chi connectivity index (χ2n) is 5.59. The van der Waals surface area contributed by atoms with Crippen molar-refractivity contribution in [1.82, 2.24) is 9.47 Å². The molecule has 1 amide bonds. The van der Waals surface area contributed by atoms with E-state index in [-0.39, 0.29) is 18.1 Å². The number of ether oxygens (including phenoxy) is 1. The number of morpholine rings is 1. The summed E-state index contributed by atoms with van der Waals surface area (Å²) in [4.78, 5) is 14.5. The second-order valence-corrected chi connectivity index (χ2v) is 5.59. The lowest BCUT2D eigenvalue weighted by molar-refractivity contribution is -0.0387. The lowest BCUT2D eigenvalue weighted by atomic mass is 10.1. The quantitative estimate of drug-likeness (QED) is 0.850. The molecular formula is C17H20N2O2. The molecular weight excluding hydrogens is 264 g/mol. The van der Waals surface area contributed by atoms with Gasteiger partial charge in [-0.2, -0.15) is 0 Å². The molecule has 1 aliphatic heterocycles. The van der Waals surface area contributed by atoms with Crippen LogP contribution in [0, 0.1) is 0 Å². The third kappa shape index (κ3) is 2.85.